The third kappa shape index (κ3) is 4.97. The monoisotopic (exact) mass is 342 g/mol. The molecule has 2 atom stereocenters. The van der Waals surface area contributed by atoms with Crippen molar-refractivity contribution in [3.05, 3.63) is 41.5 Å². The number of nitrogens with zero attached hydrogens (tertiary/aromatic N) is 4. The number of amides is 1. The standard InChI is InChI=1S/C14H19FN6O.ClH/c1-9(8-16)17-14(22)13(21-10(2)18-19-20-21)7-11-3-5-12(15)6-4-11;/h3-6,9,13H,7-8,16H2,1-2H3,(H,17,22);1H/t9-,13?;/m0./s1. The molecule has 1 unspecified atom stereocenters. The zero-order chi connectivity index (χ0) is 16.1. The Bertz CT molecular complexity index is 632. The van der Waals surface area contributed by atoms with Crippen molar-refractivity contribution in [1.29, 1.82) is 0 Å². The quantitative estimate of drug-likeness (QED) is 0.808. The van der Waals surface area contributed by atoms with Gasteiger partial charge in [0.2, 0.25) is 5.91 Å². The molecule has 0 bridgehead atoms. The molecule has 2 aromatic rings. The smallest absolute Gasteiger partial charge is 0.245 e. The topological polar surface area (TPSA) is 98.7 Å². The van der Waals surface area contributed by atoms with Gasteiger partial charge in [0.05, 0.1) is 0 Å². The molecule has 7 nitrogen and oxygen atoms in total. The van der Waals surface area contributed by atoms with Gasteiger partial charge < -0.3 is 11.1 Å². The number of tetrazole rings is 1. The number of nitrogens with one attached hydrogen (secondary N) is 1. The predicted molar refractivity (Wildman–Crippen MR) is 85.6 cm³/mol. The van der Waals surface area contributed by atoms with Crippen LogP contribution in [0.3, 0.4) is 0 Å². The summed E-state index contributed by atoms with van der Waals surface area (Å²) < 4.78 is 14.5. The van der Waals surface area contributed by atoms with E-state index in [9.17, 15) is 9.18 Å². The summed E-state index contributed by atoms with van der Waals surface area (Å²) in [6.45, 7) is 3.88. The van der Waals surface area contributed by atoms with Crippen LogP contribution in [0.25, 0.3) is 0 Å². The maximum atomic E-state index is 13.0. The third-order valence-electron chi connectivity index (χ3n) is 3.34. The zero-order valence-electron chi connectivity index (χ0n) is 12.9. The minimum absolute atomic E-state index is 0. The van der Waals surface area contributed by atoms with Crippen molar-refractivity contribution in [2.75, 3.05) is 6.54 Å². The molecular formula is C14H20ClFN6O. The number of carbonyl (C=O) groups is 1. The maximum absolute atomic E-state index is 13.0. The second-order valence-corrected chi connectivity index (χ2v) is 5.16. The fourth-order valence-electron chi connectivity index (χ4n) is 2.06. The fourth-order valence-corrected chi connectivity index (χ4v) is 2.06. The Balaban J connectivity index is 0.00000264. The minimum atomic E-state index is -0.616. The molecule has 23 heavy (non-hydrogen) atoms. The van der Waals surface area contributed by atoms with Crippen LogP contribution in [0.5, 0.6) is 0 Å². The number of aryl methyl sites for hydroxylation is 1. The van der Waals surface area contributed by atoms with Crippen LogP contribution in [0, 0.1) is 12.7 Å². The van der Waals surface area contributed by atoms with E-state index >= 15 is 0 Å². The van der Waals surface area contributed by atoms with Crippen molar-refractivity contribution < 1.29 is 9.18 Å². The Kier molecular flexibility index (Phi) is 7.05. The van der Waals surface area contributed by atoms with Crippen molar-refractivity contribution in [2.24, 2.45) is 5.73 Å². The molecule has 0 aliphatic carbocycles. The molecule has 0 fully saturated rings. The first-order valence-corrected chi connectivity index (χ1v) is 7.00. The number of nitrogens with two attached hydrogens (primary N) is 1. The van der Waals surface area contributed by atoms with Crippen LogP contribution in [0.4, 0.5) is 4.39 Å². The fraction of sp³-hybridized carbons (Fsp3) is 0.429. The van der Waals surface area contributed by atoms with Crippen molar-refractivity contribution in [3.8, 4) is 0 Å². The minimum Gasteiger partial charge on any atom is -0.351 e. The lowest BCUT2D eigenvalue weighted by molar-refractivity contribution is -0.125. The summed E-state index contributed by atoms with van der Waals surface area (Å²) in [7, 11) is 0. The lowest BCUT2D eigenvalue weighted by atomic mass is 10.0. The van der Waals surface area contributed by atoms with E-state index in [1.54, 1.807) is 19.1 Å². The van der Waals surface area contributed by atoms with E-state index in [0.29, 0.717) is 18.8 Å². The summed E-state index contributed by atoms with van der Waals surface area (Å²) in [5.74, 6) is -0.0135. The van der Waals surface area contributed by atoms with Crippen LogP contribution in [0.2, 0.25) is 0 Å². The molecule has 1 aromatic heterocycles. The van der Waals surface area contributed by atoms with E-state index in [-0.39, 0.29) is 30.2 Å². The van der Waals surface area contributed by atoms with Gasteiger partial charge in [0.25, 0.3) is 0 Å². The zero-order valence-corrected chi connectivity index (χ0v) is 13.8. The first-order chi connectivity index (χ1) is 10.5. The number of aromatic nitrogens is 4. The van der Waals surface area contributed by atoms with Gasteiger partial charge in [-0.25, -0.2) is 9.07 Å². The number of rotatable bonds is 6. The van der Waals surface area contributed by atoms with Gasteiger partial charge in [-0.15, -0.1) is 17.5 Å². The van der Waals surface area contributed by atoms with Crippen LogP contribution >= 0.6 is 12.4 Å². The lowest BCUT2D eigenvalue weighted by Gasteiger charge is -2.20. The SMILES string of the molecule is Cc1nnnn1C(Cc1ccc(F)cc1)C(=O)N[C@@H](C)CN.Cl. The number of carbonyl (C=O) groups excluding carboxylic acids is 1. The van der Waals surface area contributed by atoms with Gasteiger partial charge >= 0.3 is 0 Å². The third-order valence-corrected chi connectivity index (χ3v) is 3.34. The molecule has 0 aliphatic heterocycles. The second-order valence-electron chi connectivity index (χ2n) is 5.16. The molecule has 0 saturated heterocycles. The van der Waals surface area contributed by atoms with Gasteiger partial charge in [-0.2, -0.15) is 0 Å². The van der Waals surface area contributed by atoms with Gasteiger partial charge in [0.15, 0.2) is 0 Å². The molecule has 0 aliphatic rings. The predicted octanol–water partition coefficient (Wildman–Crippen LogP) is 0.790. The van der Waals surface area contributed by atoms with Gasteiger partial charge in [0, 0.05) is 19.0 Å². The van der Waals surface area contributed by atoms with Crippen molar-refractivity contribution in [3.63, 3.8) is 0 Å². The highest BCUT2D eigenvalue weighted by molar-refractivity contribution is 5.85. The molecule has 2 rings (SSSR count). The highest BCUT2D eigenvalue weighted by atomic mass is 35.5. The Morgan fingerprint density at radius 3 is 2.57 bits per heavy atom. The Hall–Kier alpha value is -2.06. The van der Waals surface area contributed by atoms with E-state index in [1.807, 2.05) is 6.92 Å². The molecule has 0 spiro atoms. The lowest BCUT2D eigenvalue weighted by Crippen LogP contribution is -2.43. The number of hydrogen-bond acceptors (Lipinski definition) is 5. The Morgan fingerprint density at radius 2 is 2.04 bits per heavy atom. The molecule has 126 valence electrons. The summed E-state index contributed by atoms with van der Waals surface area (Å²) in [6, 6.07) is 5.23. The number of benzene rings is 1. The largest absolute Gasteiger partial charge is 0.351 e. The normalized spacial score (nSPS) is 13.0. The average Bonchev–Trinajstić information content (AvgIpc) is 2.92. The Labute approximate surface area is 139 Å². The van der Waals surface area contributed by atoms with Crippen molar-refractivity contribution in [1.82, 2.24) is 25.5 Å². The number of hydrogen-bond donors (Lipinski definition) is 2. The molecule has 9 heteroatoms. The molecule has 0 radical (unpaired) electrons. The van der Waals surface area contributed by atoms with Crippen molar-refractivity contribution >= 4 is 18.3 Å². The van der Waals surface area contributed by atoms with E-state index < -0.39 is 6.04 Å². The Morgan fingerprint density at radius 1 is 1.39 bits per heavy atom. The van der Waals surface area contributed by atoms with Crippen LogP contribution in [0.15, 0.2) is 24.3 Å². The van der Waals surface area contributed by atoms with Crippen LogP contribution in [-0.2, 0) is 11.2 Å². The summed E-state index contributed by atoms with van der Waals surface area (Å²) in [5.41, 5.74) is 6.35. The molecular weight excluding hydrogens is 323 g/mol. The van der Waals surface area contributed by atoms with E-state index in [1.165, 1.54) is 16.8 Å². The van der Waals surface area contributed by atoms with Gasteiger partial charge in [0.1, 0.15) is 17.7 Å². The molecule has 3 N–H and O–H groups in total. The highest BCUT2D eigenvalue weighted by Gasteiger charge is 2.25. The van der Waals surface area contributed by atoms with Gasteiger partial charge in [-0.3, -0.25) is 4.79 Å². The highest BCUT2D eigenvalue weighted by Crippen LogP contribution is 2.15. The first kappa shape index (κ1) is 19.0. The van der Waals surface area contributed by atoms with Crippen LogP contribution in [-0.4, -0.2) is 38.7 Å². The van der Waals surface area contributed by atoms with E-state index in [4.69, 9.17) is 5.73 Å². The van der Waals surface area contributed by atoms with Crippen LogP contribution < -0.4 is 11.1 Å². The van der Waals surface area contributed by atoms with E-state index in [2.05, 4.69) is 20.8 Å². The van der Waals surface area contributed by atoms with Crippen LogP contribution in [0.1, 0.15) is 24.4 Å². The summed E-state index contributed by atoms with van der Waals surface area (Å²) in [5, 5.41) is 14.1. The summed E-state index contributed by atoms with van der Waals surface area (Å²) in [6.07, 6.45) is 0.356. The summed E-state index contributed by atoms with van der Waals surface area (Å²) in [4.78, 5) is 12.5. The molecule has 1 heterocycles. The second kappa shape index (κ2) is 8.54. The first-order valence-electron chi connectivity index (χ1n) is 7.00. The molecule has 0 saturated carbocycles. The van der Waals surface area contributed by atoms with Gasteiger partial charge in [-0.05, 0) is 42.0 Å². The van der Waals surface area contributed by atoms with Crippen molar-refractivity contribution in [2.45, 2.75) is 32.4 Å². The maximum Gasteiger partial charge on any atom is 0.245 e. The van der Waals surface area contributed by atoms with Gasteiger partial charge in [-0.1, -0.05) is 12.1 Å². The van der Waals surface area contributed by atoms with E-state index in [0.717, 1.165) is 5.56 Å². The average molecular weight is 343 g/mol. The molecule has 1 amide bonds. The summed E-state index contributed by atoms with van der Waals surface area (Å²) >= 11 is 0. The molecule has 1 aromatic carbocycles. The number of halogens is 2.